The lowest BCUT2D eigenvalue weighted by molar-refractivity contribution is -0.142. The Bertz CT molecular complexity index is 285. The Balaban J connectivity index is 2.07. The Kier molecular flexibility index (Phi) is 5.24. The number of halogens is 3. The van der Waals surface area contributed by atoms with Crippen LogP contribution >= 0.6 is 11.3 Å². The molecule has 92 valence electrons. The van der Waals surface area contributed by atoms with Crippen LogP contribution in [0.2, 0.25) is 0 Å². The van der Waals surface area contributed by atoms with Crippen molar-refractivity contribution in [3.8, 4) is 0 Å². The van der Waals surface area contributed by atoms with Gasteiger partial charge in [-0.15, -0.1) is 11.3 Å². The Hall–Kier alpha value is -0.590. The van der Waals surface area contributed by atoms with Crippen LogP contribution < -0.4 is 5.32 Å². The smallest absolute Gasteiger partial charge is 0.311 e. The van der Waals surface area contributed by atoms with Gasteiger partial charge in [0, 0.05) is 24.5 Å². The lowest BCUT2D eigenvalue weighted by atomic mass is 10.4. The minimum atomic E-state index is -4.11. The molecule has 0 aromatic carbocycles. The molecule has 0 bridgehead atoms. The first kappa shape index (κ1) is 13.5. The maximum absolute atomic E-state index is 12.0. The molecule has 0 radical (unpaired) electrons. The highest BCUT2D eigenvalue weighted by molar-refractivity contribution is 7.09. The number of thiophene rings is 1. The van der Waals surface area contributed by atoms with Gasteiger partial charge in [0.25, 0.3) is 0 Å². The summed E-state index contributed by atoms with van der Waals surface area (Å²) < 4.78 is 35.9. The number of hydrogen-bond donors (Lipinski definition) is 1. The molecule has 0 amide bonds. The Morgan fingerprint density at radius 3 is 2.75 bits per heavy atom. The Labute approximate surface area is 97.1 Å². The van der Waals surface area contributed by atoms with E-state index in [-0.39, 0.29) is 0 Å². The summed E-state index contributed by atoms with van der Waals surface area (Å²) in [5.41, 5.74) is 0. The van der Waals surface area contributed by atoms with Crippen LogP contribution in [0.5, 0.6) is 0 Å². The molecule has 0 aliphatic carbocycles. The molecule has 6 heteroatoms. The molecular formula is C10H15F3N2S. The molecule has 0 atom stereocenters. The van der Waals surface area contributed by atoms with E-state index in [0.29, 0.717) is 13.1 Å². The van der Waals surface area contributed by atoms with Gasteiger partial charge in [-0.25, -0.2) is 0 Å². The van der Waals surface area contributed by atoms with Gasteiger partial charge in [0.1, 0.15) is 0 Å². The van der Waals surface area contributed by atoms with Crippen LogP contribution in [0.1, 0.15) is 4.88 Å². The average Bonchev–Trinajstić information content (AvgIpc) is 2.62. The van der Waals surface area contributed by atoms with Crippen molar-refractivity contribution in [3.63, 3.8) is 0 Å². The molecule has 0 fully saturated rings. The summed E-state index contributed by atoms with van der Waals surface area (Å²) in [4.78, 5) is 2.46. The SMILES string of the molecule is CN(CCNCc1cccs1)CC(F)(F)F. The fourth-order valence-electron chi connectivity index (χ4n) is 1.28. The first-order chi connectivity index (χ1) is 7.47. The van der Waals surface area contributed by atoms with Crippen LogP contribution in [0.3, 0.4) is 0 Å². The molecular weight excluding hydrogens is 237 g/mol. The van der Waals surface area contributed by atoms with Crippen molar-refractivity contribution in [1.82, 2.24) is 10.2 Å². The maximum atomic E-state index is 12.0. The lowest BCUT2D eigenvalue weighted by Gasteiger charge is -2.18. The Morgan fingerprint density at radius 1 is 1.44 bits per heavy atom. The zero-order chi connectivity index (χ0) is 12.0. The first-order valence-corrected chi connectivity index (χ1v) is 5.84. The summed E-state index contributed by atoms with van der Waals surface area (Å²) in [6, 6.07) is 3.95. The van der Waals surface area contributed by atoms with E-state index in [1.807, 2.05) is 17.5 Å². The van der Waals surface area contributed by atoms with Crippen LogP contribution in [0.25, 0.3) is 0 Å². The normalized spacial score (nSPS) is 12.3. The topological polar surface area (TPSA) is 15.3 Å². The van der Waals surface area contributed by atoms with Crippen molar-refractivity contribution in [2.75, 3.05) is 26.7 Å². The predicted molar refractivity (Wildman–Crippen MR) is 59.6 cm³/mol. The Morgan fingerprint density at radius 2 is 2.19 bits per heavy atom. The van der Waals surface area contributed by atoms with E-state index in [0.717, 1.165) is 6.54 Å². The van der Waals surface area contributed by atoms with Gasteiger partial charge < -0.3 is 5.32 Å². The molecule has 0 unspecified atom stereocenters. The number of hydrogen-bond acceptors (Lipinski definition) is 3. The standard InChI is InChI=1S/C10H15F3N2S/c1-15(8-10(11,12)13)5-4-14-7-9-3-2-6-16-9/h2-3,6,14H,4-5,7-8H2,1H3. The molecule has 1 aromatic rings. The fraction of sp³-hybridized carbons (Fsp3) is 0.600. The minimum absolute atomic E-state index is 0.394. The number of nitrogens with zero attached hydrogens (tertiary/aromatic N) is 1. The van der Waals surface area contributed by atoms with Crippen molar-refractivity contribution in [1.29, 1.82) is 0 Å². The van der Waals surface area contributed by atoms with Crippen molar-refractivity contribution in [2.45, 2.75) is 12.7 Å². The molecule has 2 nitrogen and oxygen atoms in total. The van der Waals surface area contributed by atoms with Gasteiger partial charge in [0.2, 0.25) is 0 Å². The second-order valence-electron chi connectivity index (χ2n) is 3.61. The van der Waals surface area contributed by atoms with Gasteiger partial charge in [-0.05, 0) is 18.5 Å². The van der Waals surface area contributed by atoms with E-state index in [1.54, 1.807) is 11.3 Å². The van der Waals surface area contributed by atoms with E-state index in [9.17, 15) is 13.2 Å². The van der Waals surface area contributed by atoms with Crippen molar-refractivity contribution in [3.05, 3.63) is 22.4 Å². The van der Waals surface area contributed by atoms with Gasteiger partial charge in [0.15, 0.2) is 0 Å². The number of likely N-dealkylation sites (N-methyl/N-ethyl adjacent to an activating group) is 1. The molecule has 0 spiro atoms. The predicted octanol–water partition coefficient (Wildman–Crippen LogP) is 2.33. The molecule has 1 rings (SSSR count). The van der Waals surface area contributed by atoms with Crippen LogP contribution in [-0.4, -0.2) is 37.8 Å². The van der Waals surface area contributed by atoms with Crippen LogP contribution in [0.15, 0.2) is 17.5 Å². The highest BCUT2D eigenvalue weighted by Crippen LogP contribution is 2.15. The van der Waals surface area contributed by atoms with Gasteiger partial charge >= 0.3 is 6.18 Å². The summed E-state index contributed by atoms with van der Waals surface area (Å²) in [6.07, 6.45) is -4.11. The summed E-state index contributed by atoms with van der Waals surface area (Å²) in [5.74, 6) is 0. The van der Waals surface area contributed by atoms with E-state index >= 15 is 0 Å². The van der Waals surface area contributed by atoms with Crippen LogP contribution in [-0.2, 0) is 6.54 Å². The van der Waals surface area contributed by atoms with E-state index in [4.69, 9.17) is 0 Å². The van der Waals surface area contributed by atoms with Crippen molar-refractivity contribution < 1.29 is 13.2 Å². The van der Waals surface area contributed by atoms with E-state index in [1.165, 1.54) is 16.8 Å². The van der Waals surface area contributed by atoms with Crippen LogP contribution in [0, 0.1) is 0 Å². The molecule has 0 aliphatic rings. The average molecular weight is 252 g/mol. The molecule has 0 aliphatic heterocycles. The molecule has 16 heavy (non-hydrogen) atoms. The number of rotatable bonds is 6. The van der Waals surface area contributed by atoms with Gasteiger partial charge in [-0.2, -0.15) is 13.2 Å². The summed E-state index contributed by atoms with van der Waals surface area (Å²) in [7, 11) is 1.47. The molecule has 1 heterocycles. The fourth-order valence-corrected chi connectivity index (χ4v) is 1.95. The highest BCUT2D eigenvalue weighted by atomic mass is 32.1. The van der Waals surface area contributed by atoms with E-state index in [2.05, 4.69) is 5.32 Å². The third kappa shape index (κ3) is 6.09. The minimum Gasteiger partial charge on any atom is -0.311 e. The van der Waals surface area contributed by atoms with Gasteiger partial charge in [-0.1, -0.05) is 6.07 Å². The zero-order valence-electron chi connectivity index (χ0n) is 9.05. The largest absolute Gasteiger partial charge is 0.401 e. The summed E-state index contributed by atoms with van der Waals surface area (Å²) in [6.45, 7) is 0.820. The second kappa shape index (κ2) is 6.22. The summed E-state index contributed by atoms with van der Waals surface area (Å²) >= 11 is 1.64. The van der Waals surface area contributed by atoms with Crippen molar-refractivity contribution >= 4 is 11.3 Å². The van der Waals surface area contributed by atoms with Gasteiger partial charge in [0.05, 0.1) is 6.54 Å². The highest BCUT2D eigenvalue weighted by Gasteiger charge is 2.28. The van der Waals surface area contributed by atoms with E-state index < -0.39 is 12.7 Å². The second-order valence-corrected chi connectivity index (χ2v) is 4.64. The molecule has 0 saturated carbocycles. The zero-order valence-corrected chi connectivity index (χ0v) is 9.87. The quantitative estimate of drug-likeness (QED) is 0.782. The van der Waals surface area contributed by atoms with Gasteiger partial charge in [-0.3, -0.25) is 4.90 Å². The summed E-state index contributed by atoms with van der Waals surface area (Å²) in [5, 5.41) is 5.08. The third-order valence-electron chi connectivity index (χ3n) is 2.00. The third-order valence-corrected chi connectivity index (χ3v) is 2.88. The molecule has 0 saturated heterocycles. The first-order valence-electron chi connectivity index (χ1n) is 4.96. The lowest BCUT2D eigenvalue weighted by Crippen LogP contribution is -2.35. The maximum Gasteiger partial charge on any atom is 0.401 e. The number of nitrogens with one attached hydrogen (secondary N) is 1. The number of alkyl halides is 3. The van der Waals surface area contributed by atoms with Crippen molar-refractivity contribution in [2.24, 2.45) is 0 Å². The monoisotopic (exact) mass is 252 g/mol. The van der Waals surface area contributed by atoms with Crippen LogP contribution in [0.4, 0.5) is 13.2 Å². The molecule has 1 N–H and O–H groups in total. The molecule has 1 aromatic heterocycles.